The van der Waals surface area contributed by atoms with Crippen LogP contribution >= 0.6 is 11.6 Å². The van der Waals surface area contributed by atoms with E-state index >= 15 is 0 Å². The third kappa shape index (κ3) is 3.04. The lowest BCUT2D eigenvalue weighted by Gasteiger charge is -2.13. The largest absolute Gasteiger partial charge is 0.378 e. The van der Waals surface area contributed by atoms with Crippen LogP contribution in [-0.4, -0.2) is 24.4 Å². The van der Waals surface area contributed by atoms with E-state index in [-0.39, 0.29) is 0 Å². The number of para-hydroxylation sites is 1. The minimum atomic E-state index is 0.310. The zero-order valence-electron chi connectivity index (χ0n) is 14.6. The first-order chi connectivity index (χ1) is 12.6. The predicted octanol–water partition coefficient (Wildman–Crippen LogP) is 4.30. The van der Waals surface area contributed by atoms with Crippen LogP contribution < -0.4 is 5.32 Å². The molecule has 0 aliphatic carbocycles. The molecule has 0 bridgehead atoms. The van der Waals surface area contributed by atoms with Gasteiger partial charge in [-0.25, -0.2) is 14.2 Å². The average molecular weight is 367 g/mol. The van der Waals surface area contributed by atoms with Gasteiger partial charge in [0.2, 0.25) is 0 Å². The van der Waals surface area contributed by atoms with E-state index < -0.39 is 0 Å². The molecular weight excluding hydrogens is 348 g/mol. The zero-order chi connectivity index (χ0) is 18.1. The van der Waals surface area contributed by atoms with Gasteiger partial charge in [0.15, 0.2) is 10.8 Å². The lowest BCUT2D eigenvalue weighted by Crippen LogP contribution is -2.08. The van der Waals surface area contributed by atoms with Gasteiger partial charge in [-0.05, 0) is 23.6 Å². The van der Waals surface area contributed by atoms with E-state index in [0.717, 1.165) is 28.3 Å². The molecule has 1 N–H and O–H groups in total. The van der Waals surface area contributed by atoms with Crippen LogP contribution in [0, 0.1) is 0 Å². The lowest BCUT2D eigenvalue weighted by atomic mass is 10.1. The van der Waals surface area contributed by atoms with Crippen molar-refractivity contribution >= 4 is 22.9 Å². The van der Waals surface area contributed by atoms with Crippen LogP contribution in [-0.2, 0) is 6.54 Å². The maximum absolute atomic E-state index is 6.24. The molecule has 0 unspecified atom stereocenters. The first-order valence-electron chi connectivity index (χ1n) is 8.49. The molecule has 0 aliphatic heterocycles. The SMILES string of the molecule is CC(C)c1cnc2c(NCc3ccccc3-n3cccn3)cc(Cl)nn12. The number of hydrogen-bond acceptors (Lipinski definition) is 4. The molecule has 0 atom stereocenters. The summed E-state index contributed by atoms with van der Waals surface area (Å²) in [6, 6.07) is 11.9. The molecule has 7 heteroatoms. The van der Waals surface area contributed by atoms with Crippen LogP contribution in [0.5, 0.6) is 0 Å². The Hall–Kier alpha value is -2.86. The normalized spacial score (nSPS) is 11.4. The summed E-state index contributed by atoms with van der Waals surface area (Å²) in [6.45, 7) is 4.84. The number of benzene rings is 1. The van der Waals surface area contributed by atoms with Crippen LogP contribution in [0.2, 0.25) is 5.15 Å². The molecule has 0 radical (unpaired) electrons. The Balaban J connectivity index is 1.68. The molecule has 0 spiro atoms. The van der Waals surface area contributed by atoms with Crippen LogP contribution in [0.3, 0.4) is 0 Å². The summed E-state index contributed by atoms with van der Waals surface area (Å²) in [5, 5.41) is 12.6. The van der Waals surface area contributed by atoms with E-state index in [4.69, 9.17) is 11.6 Å². The van der Waals surface area contributed by atoms with Crippen LogP contribution in [0.25, 0.3) is 11.3 Å². The van der Waals surface area contributed by atoms with Gasteiger partial charge in [-0.15, -0.1) is 0 Å². The third-order valence-electron chi connectivity index (χ3n) is 4.27. The van der Waals surface area contributed by atoms with Gasteiger partial charge in [0.1, 0.15) is 0 Å². The molecule has 0 aliphatic rings. The van der Waals surface area contributed by atoms with Gasteiger partial charge in [-0.3, -0.25) is 0 Å². The van der Waals surface area contributed by atoms with E-state index in [0.29, 0.717) is 17.6 Å². The molecule has 132 valence electrons. The van der Waals surface area contributed by atoms with E-state index in [1.807, 2.05) is 51.9 Å². The fraction of sp³-hybridized carbons (Fsp3) is 0.211. The third-order valence-corrected chi connectivity index (χ3v) is 4.45. The number of nitrogens with zero attached hydrogens (tertiary/aromatic N) is 5. The van der Waals surface area contributed by atoms with Crippen molar-refractivity contribution < 1.29 is 0 Å². The van der Waals surface area contributed by atoms with Crippen LogP contribution in [0.4, 0.5) is 5.69 Å². The Morgan fingerprint density at radius 3 is 2.81 bits per heavy atom. The molecule has 3 aromatic heterocycles. The fourth-order valence-electron chi connectivity index (χ4n) is 2.97. The van der Waals surface area contributed by atoms with E-state index in [9.17, 15) is 0 Å². The lowest BCUT2D eigenvalue weighted by molar-refractivity contribution is 0.759. The highest BCUT2D eigenvalue weighted by Gasteiger charge is 2.13. The van der Waals surface area contributed by atoms with Crippen molar-refractivity contribution in [3.8, 4) is 5.69 Å². The molecule has 3 heterocycles. The Labute approximate surface area is 156 Å². The molecule has 4 rings (SSSR count). The van der Waals surface area contributed by atoms with Gasteiger partial charge < -0.3 is 5.32 Å². The van der Waals surface area contributed by atoms with Crippen molar-refractivity contribution in [3.63, 3.8) is 0 Å². The Morgan fingerprint density at radius 2 is 2.04 bits per heavy atom. The molecule has 0 saturated heterocycles. The molecule has 1 aromatic carbocycles. The summed E-state index contributed by atoms with van der Waals surface area (Å²) in [4.78, 5) is 4.53. The van der Waals surface area contributed by atoms with Gasteiger partial charge in [0.05, 0.1) is 23.3 Å². The van der Waals surface area contributed by atoms with Crippen molar-refractivity contribution in [2.24, 2.45) is 0 Å². The summed E-state index contributed by atoms with van der Waals surface area (Å²) in [6.07, 6.45) is 5.56. The van der Waals surface area contributed by atoms with Crippen molar-refractivity contribution in [1.29, 1.82) is 0 Å². The number of halogens is 1. The highest BCUT2D eigenvalue weighted by molar-refractivity contribution is 6.29. The molecule has 0 fully saturated rings. The summed E-state index contributed by atoms with van der Waals surface area (Å²) >= 11 is 6.24. The topological polar surface area (TPSA) is 60.0 Å². The van der Waals surface area contributed by atoms with Gasteiger partial charge in [0, 0.05) is 25.0 Å². The highest BCUT2D eigenvalue weighted by Crippen LogP contribution is 2.24. The second-order valence-corrected chi connectivity index (χ2v) is 6.77. The Bertz CT molecular complexity index is 1040. The van der Waals surface area contributed by atoms with E-state index in [1.54, 1.807) is 6.20 Å². The first kappa shape index (κ1) is 16.6. The van der Waals surface area contributed by atoms with E-state index in [2.05, 4.69) is 40.4 Å². The highest BCUT2D eigenvalue weighted by atomic mass is 35.5. The molecule has 6 nitrogen and oxygen atoms in total. The maximum Gasteiger partial charge on any atom is 0.177 e. The van der Waals surface area contributed by atoms with Gasteiger partial charge >= 0.3 is 0 Å². The van der Waals surface area contributed by atoms with Crippen LogP contribution in [0.1, 0.15) is 31.0 Å². The van der Waals surface area contributed by atoms with Crippen molar-refractivity contribution in [2.75, 3.05) is 5.32 Å². The quantitative estimate of drug-likeness (QED) is 0.572. The second-order valence-electron chi connectivity index (χ2n) is 6.39. The zero-order valence-corrected chi connectivity index (χ0v) is 15.4. The number of rotatable bonds is 5. The number of imidazole rings is 1. The van der Waals surface area contributed by atoms with Crippen molar-refractivity contribution in [1.82, 2.24) is 24.4 Å². The number of fused-ring (bicyclic) bond motifs is 1. The van der Waals surface area contributed by atoms with Gasteiger partial charge in [-0.2, -0.15) is 10.2 Å². The van der Waals surface area contributed by atoms with E-state index in [1.165, 1.54) is 0 Å². The number of aromatic nitrogens is 5. The fourth-order valence-corrected chi connectivity index (χ4v) is 3.15. The minimum Gasteiger partial charge on any atom is -0.378 e. The Kier molecular flexibility index (Phi) is 4.34. The summed E-state index contributed by atoms with van der Waals surface area (Å²) in [5.41, 5.74) is 4.81. The molecule has 0 amide bonds. The molecule has 0 saturated carbocycles. The summed E-state index contributed by atoms with van der Waals surface area (Å²) in [7, 11) is 0. The number of hydrogen-bond donors (Lipinski definition) is 1. The van der Waals surface area contributed by atoms with Crippen molar-refractivity contribution in [3.05, 3.63) is 71.4 Å². The molecule has 26 heavy (non-hydrogen) atoms. The van der Waals surface area contributed by atoms with Gasteiger partial charge in [-0.1, -0.05) is 43.6 Å². The summed E-state index contributed by atoms with van der Waals surface area (Å²) in [5.74, 6) is 0.310. The van der Waals surface area contributed by atoms with Crippen LogP contribution in [0.15, 0.2) is 55.0 Å². The minimum absolute atomic E-state index is 0.310. The van der Waals surface area contributed by atoms with Crippen molar-refractivity contribution in [2.45, 2.75) is 26.3 Å². The summed E-state index contributed by atoms with van der Waals surface area (Å²) < 4.78 is 3.67. The monoisotopic (exact) mass is 366 g/mol. The second kappa shape index (κ2) is 6.80. The Morgan fingerprint density at radius 1 is 1.19 bits per heavy atom. The standard InChI is InChI=1S/C19H19ClN6/c1-13(2)17-12-22-19-15(10-18(20)24-26(17)19)21-11-14-6-3-4-7-16(14)25-9-5-8-23-25/h3-10,12-13,21H,11H2,1-2H3. The predicted molar refractivity (Wildman–Crippen MR) is 103 cm³/mol. The number of nitrogens with one attached hydrogen (secondary N) is 1. The van der Waals surface area contributed by atoms with Gasteiger partial charge in [0.25, 0.3) is 0 Å². The average Bonchev–Trinajstić information content (AvgIpc) is 3.29. The first-order valence-corrected chi connectivity index (χ1v) is 8.87. The maximum atomic E-state index is 6.24. The molecular formula is C19H19ClN6. The number of anilines is 1. The smallest absolute Gasteiger partial charge is 0.177 e. The molecule has 4 aromatic rings.